The van der Waals surface area contributed by atoms with E-state index in [1.54, 1.807) is 44.4 Å². The van der Waals surface area contributed by atoms with Gasteiger partial charge in [0.1, 0.15) is 5.82 Å². The molecule has 0 aliphatic carbocycles. The van der Waals surface area contributed by atoms with Gasteiger partial charge in [0, 0.05) is 55.8 Å². The smallest absolute Gasteiger partial charge is 0.254 e. The average molecular weight is 458 g/mol. The van der Waals surface area contributed by atoms with E-state index in [-0.39, 0.29) is 5.91 Å². The van der Waals surface area contributed by atoms with Crippen molar-refractivity contribution in [3.8, 4) is 11.5 Å². The maximum atomic E-state index is 13.4. The van der Waals surface area contributed by atoms with E-state index in [0.29, 0.717) is 41.8 Å². The number of ether oxygens (including phenoxy) is 3. The molecule has 0 aliphatic rings. The predicted octanol–water partition coefficient (Wildman–Crippen LogP) is 4.26. The van der Waals surface area contributed by atoms with E-state index in [9.17, 15) is 4.79 Å². The van der Waals surface area contributed by atoms with Gasteiger partial charge in [-0.3, -0.25) is 4.79 Å². The Balaban J connectivity index is 2.00. The lowest BCUT2D eigenvalue weighted by molar-refractivity contribution is 0.0680. The van der Waals surface area contributed by atoms with Gasteiger partial charge in [0.05, 0.1) is 26.3 Å². The zero-order chi connectivity index (χ0) is 23.3. The van der Waals surface area contributed by atoms with Crippen LogP contribution in [0.5, 0.6) is 11.5 Å². The first-order chi connectivity index (χ1) is 15.4. The van der Waals surface area contributed by atoms with Gasteiger partial charge in [-0.05, 0) is 36.4 Å². The lowest BCUT2D eigenvalue weighted by Crippen LogP contribution is -2.34. The number of benzene rings is 2. The van der Waals surface area contributed by atoms with Crippen LogP contribution in [0.4, 0.5) is 5.82 Å². The first-order valence-electron chi connectivity index (χ1n) is 10.1. The summed E-state index contributed by atoms with van der Waals surface area (Å²) in [6.45, 7) is 1.21. The summed E-state index contributed by atoms with van der Waals surface area (Å²) in [5, 5.41) is 1.59. The Hall–Kier alpha value is -3.03. The van der Waals surface area contributed by atoms with Gasteiger partial charge in [0.25, 0.3) is 5.91 Å². The van der Waals surface area contributed by atoms with E-state index in [0.717, 1.165) is 22.3 Å². The van der Waals surface area contributed by atoms with Crippen LogP contribution in [-0.4, -0.2) is 64.4 Å². The number of halogens is 1. The number of carbonyl (C=O) groups excluding carboxylic acids is 1. The zero-order valence-corrected chi connectivity index (χ0v) is 19.8. The molecule has 0 bridgehead atoms. The Morgan fingerprint density at radius 2 is 1.75 bits per heavy atom. The Bertz CT molecular complexity index is 1100. The number of methoxy groups -OCH3 is 3. The van der Waals surface area contributed by atoms with Gasteiger partial charge in [-0.25, -0.2) is 4.98 Å². The van der Waals surface area contributed by atoms with Crippen LogP contribution in [0.2, 0.25) is 5.02 Å². The van der Waals surface area contributed by atoms with E-state index in [1.807, 2.05) is 37.2 Å². The highest BCUT2D eigenvalue weighted by molar-refractivity contribution is 6.31. The van der Waals surface area contributed by atoms with Crippen LogP contribution in [0.15, 0.2) is 42.5 Å². The number of rotatable bonds is 9. The summed E-state index contributed by atoms with van der Waals surface area (Å²) in [6, 6.07) is 12.8. The molecular weight excluding hydrogens is 430 g/mol. The summed E-state index contributed by atoms with van der Waals surface area (Å²) in [6.07, 6.45) is 0. The van der Waals surface area contributed by atoms with Crippen molar-refractivity contribution in [2.75, 3.05) is 53.5 Å². The van der Waals surface area contributed by atoms with Crippen molar-refractivity contribution in [2.24, 2.45) is 0 Å². The molecule has 0 radical (unpaired) electrons. The van der Waals surface area contributed by atoms with E-state index in [4.69, 9.17) is 30.8 Å². The van der Waals surface area contributed by atoms with Crippen LogP contribution < -0.4 is 14.4 Å². The lowest BCUT2D eigenvalue weighted by atomic mass is 10.1. The molecule has 0 saturated carbocycles. The second-order valence-corrected chi connectivity index (χ2v) is 7.93. The van der Waals surface area contributed by atoms with Crippen LogP contribution in [-0.2, 0) is 11.3 Å². The maximum absolute atomic E-state index is 13.4. The molecule has 2 aromatic carbocycles. The molecule has 3 rings (SSSR count). The van der Waals surface area contributed by atoms with Gasteiger partial charge >= 0.3 is 0 Å². The molecule has 8 heteroatoms. The van der Waals surface area contributed by atoms with Gasteiger partial charge < -0.3 is 24.0 Å². The van der Waals surface area contributed by atoms with E-state index >= 15 is 0 Å². The molecule has 0 saturated heterocycles. The number of nitrogens with zero attached hydrogens (tertiary/aromatic N) is 3. The second kappa shape index (κ2) is 10.5. The number of hydrogen-bond acceptors (Lipinski definition) is 6. The highest BCUT2D eigenvalue weighted by Gasteiger charge is 2.21. The molecule has 1 amide bonds. The average Bonchev–Trinajstić information content (AvgIpc) is 2.80. The number of carbonyl (C=O) groups is 1. The van der Waals surface area contributed by atoms with E-state index in [1.165, 1.54) is 0 Å². The lowest BCUT2D eigenvalue weighted by Gasteiger charge is -2.26. The summed E-state index contributed by atoms with van der Waals surface area (Å²) < 4.78 is 15.9. The highest BCUT2D eigenvalue weighted by atomic mass is 35.5. The van der Waals surface area contributed by atoms with Crippen LogP contribution in [0, 0.1) is 0 Å². The summed E-state index contributed by atoms with van der Waals surface area (Å²) in [5.41, 5.74) is 2.24. The third kappa shape index (κ3) is 5.23. The van der Waals surface area contributed by atoms with E-state index in [2.05, 4.69) is 6.07 Å². The summed E-state index contributed by atoms with van der Waals surface area (Å²) in [5.74, 6) is 1.72. The number of anilines is 1. The minimum Gasteiger partial charge on any atom is -0.493 e. The molecule has 0 unspecified atom stereocenters. The van der Waals surface area contributed by atoms with Crippen molar-refractivity contribution < 1.29 is 19.0 Å². The molecule has 1 aromatic heterocycles. The van der Waals surface area contributed by atoms with Crippen molar-refractivity contribution in [2.45, 2.75) is 6.54 Å². The molecule has 0 atom stereocenters. The number of hydrogen-bond donors (Lipinski definition) is 0. The first kappa shape index (κ1) is 23.6. The number of pyridine rings is 1. The molecule has 7 nitrogen and oxygen atoms in total. The summed E-state index contributed by atoms with van der Waals surface area (Å²) >= 11 is 6.15. The fourth-order valence-electron chi connectivity index (χ4n) is 3.49. The molecule has 0 N–H and O–H groups in total. The number of amides is 1. The van der Waals surface area contributed by atoms with Crippen molar-refractivity contribution in [1.82, 2.24) is 9.88 Å². The topological polar surface area (TPSA) is 64.1 Å². The van der Waals surface area contributed by atoms with Gasteiger partial charge in [0.2, 0.25) is 0 Å². The molecule has 0 aliphatic heterocycles. The Kier molecular flexibility index (Phi) is 7.77. The highest BCUT2D eigenvalue weighted by Crippen LogP contribution is 2.29. The fraction of sp³-hybridized carbons (Fsp3) is 0.333. The van der Waals surface area contributed by atoms with Crippen molar-refractivity contribution in [3.63, 3.8) is 0 Å². The minimum absolute atomic E-state index is 0.135. The second-order valence-electron chi connectivity index (χ2n) is 7.49. The zero-order valence-electron chi connectivity index (χ0n) is 19.0. The van der Waals surface area contributed by atoms with Crippen molar-refractivity contribution >= 4 is 34.2 Å². The molecule has 1 heterocycles. The monoisotopic (exact) mass is 457 g/mol. The maximum Gasteiger partial charge on any atom is 0.254 e. The SMILES string of the molecule is COCCN(Cc1cc2ccc(Cl)cc2nc1N(C)C)C(=O)c1ccc(OC)c(OC)c1. The predicted molar refractivity (Wildman–Crippen MR) is 127 cm³/mol. The summed E-state index contributed by atoms with van der Waals surface area (Å²) in [7, 11) is 8.58. The Morgan fingerprint density at radius 3 is 2.41 bits per heavy atom. The van der Waals surface area contributed by atoms with E-state index < -0.39 is 0 Å². The molecule has 0 fully saturated rings. The third-order valence-electron chi connectivity index (χ3n) is 5.10. The van der Waals surface area contributed by atoms with Crippen LogP contribution in [0.1, 0.15) is 15.9 Å². The van der Waals surface area contributed by atoms with Crippen molar-refractivity contribution in [1.29, 1.82) is 0 Å². The van der Waals surface area contributed by atoms with Crippen LogP contribution in [0.3, 0.4) is 0 Å². The number of fused-ring (bicyclic) bond motifs is 1. The molecule has 0 spiro atoms. The van der Waals surface area contributed by atoms with Crippen LogP contribution >= 0.6 is 11.6 Å². The standard InChI is InChI=1S/C24H28ClN3O4/c1-27(2)23-18(12-16-6-8-19(25)14-20(16)26-23)15-28(10-11-30-3)24(29)17-7-9-21(31-4)22(13-17)32-5/h6-9,12-14H,10-11,15H2,1-5H3. The van der Waals surface area contributed by atoms with Crippen molar-refractivity contribution in [3.05, 3.63) is 58.6 Å². The third-order valence-corrected chi connectivity index (χ3v) is 5.34. The van der Waals surface area contributed by atoms with Gasteiger partial charge in [-0.1, -0.05) is 17.7 Å². The molecule has 32 heavy (non-hydrogen) atoms. The Morgan fingerprint density at radius 1 is 1.00 bits per heavy atom. The first-order valence-corrected chi connectivity index (χ1v) is 10.5. The summed E-state index contributed by atoms with van der Waals surface area (Å²) in [4.78, 5) is 21.9. The molecular formula is C24H28ClN3O4. The molecule has 170 valence electrons. The fourth-order valence-corrected chi connectivity index (χ4v) is 3.66. The Labute approximate surface area is 193 Å². The van der Waals surface area contributed by atoms with Gasteiger partial charge in [-0.15, -0.1) is 0 Å². The molecule has 3 aromatic rings. The largest absolute Gasteiger partial charge is 0.493 e. The van der Waals surface area contributed by atoms with Gasteiger partial charge in [0.15, 0.2) is 11.5 Å². The van der Waals surface area contributed by atoms with Crippen LogP contribution in [0.25, 0.3) is 10.9 Å². The normalized spacial score (nSPS) is 10.8. The van der Waals surface area contributed by atoms with Gasteiger partial charge in [-0.2, -0.15) is 0 Å². The quantitative estimate of drug-likeness (QED) is 0.478. The number of aromatic nitrogens is 1. The minimum atomic E-state index is -0.135.